The number of carboxylic acids is 2. The van der Waals surface area contributed by atoms with Crippen molar-refractivity contribution in [3.05, 3.63) is 35.9 Å². The summed E-state index contributed by atoms with van der Waals surface area (Å²) < 4.78 is 0. The Kier molecular flexibility index (Phi) is 5.67. The van der Waals surface area contributed by atoms with Gasteiger partial charge in [0.25, 0.3) is 0 Å². The van der Waals surface area contributed by atoms with E-state index < -0.39 is 36.4 Å². The van der Waals surface area contributed by atoms with Gasteiger partial charge in [-0.3, -0.25) is 9.59 Å². The largest absolute Gasteiger partial charge is 0.481 e. The van der Waals surface area contributed by atoms with Crippen LogP contribution in [0.4, 0.5) is 0 Å². The molecule has 108 valence electrons. The molecule has 5 N–H and O–H groups in total. The molecule has 0 fully saturated rings. The highest BCUT2D eigenvalue weighted by Crippen LogP contribution is 2.02. The van der Waals surface area contributed by atoms with Gasteiger partial charge in [0.05, 0.1) is 12.5 Å². The first-order chi connectivity index (χ1) is 9.40. The van der Waals surface area contributed by atoms with Crippen LogP contribution >= 0.6 is 0 Å². The van der Waals surface area contributed by atoms with Crippen LogP contribution in [0.25, 0.3) is 0 Å². The van der Waals surface area contributed by atoms with Crippen molar-refractivity contribution in [2.75, 3.05) is 0 Å². The molecular weight excluding hydrogens is 264 g/mol. The Morgan fingerprint density at radius 3 is 2.25 bits per heavy atom. The predicted octanol–water partition coefficient (Wildman–Crippen LogP) is -0.399. The van der Waals surface area contributed by atoms with Crippen LogP contribution in [0.2, 0.25) is 0 Å². The maximum Gasteiger partial charge on any atom is 0.326 e. The van der Waals surface area contributed by atoms with Gasteiger partial charge in [-0.2, -0.15) is 0 Å². The fourth-order valence-electron chi connectivity index (χ4n) is 1.61. The fraction of sp³-hybridized carbons (Fsp3) is 0.308. The number of carbonyl (C=O) groups is 3. The standard InChI is InChI=1S/C13H16N2O5/c14-9(6-8-4-2-1-3-5-8)12(18)15-10(13(19)20)7-11(16)17/h1-5,9-10H,6-7,14H2,(H,15,18)(H,16,17)(H,19,20)/t9-,10+/m0/s1. The maximum absolute atomic E-state index is 11.8. The molecule has 0 aliphatic rings. The maximum atomic E-state index is 11.8. The summed E-state index contributed by atoms with van der Waals surface area (Å²) in [5, 5.41) is 19.5. The third kappa shape index (κ3) is 5.07. The predicted molar refractivity (Wildman–Crippen MR) is 69.9 cm³/mol. The van der Waals surface area contributed by atoms with E-state index in [4.69, 9.17) is 15.9 Å². The number of carboxylic acid groups (broad SMARTS) is 2. The summed E-state index contributed by atoms with van der Waals surface area (Å²) in [6, 6.07) is 6.57. The van der Waals surface area contributed by atoms with Gasteiger partial charge in [-0.15, -0.1) is 0 Å². The number of aliphatic carboxylic acids is 2. The van der Waals surface area contributed by atoms with Crippen LogP contribution < -0.4 is 11.1 Å². The molecule has 0 unspecified atom stereocenters. The summed E-state index contributed by atoms with van der Waals surface area (Å²) in [5.74, 6) is -3.41. The minimum atomic E-state index is -1.48. The first-order valence-corrected chi connectivity index (χ1v) is 5.94. The van der Waals surface area contributed by atoms with E-state index in [1.165, 1.54) is 0 Å². The minimum Gasteiger partial charge on any atom is -0.481 e. The van der Waals surface area contributed by atoms with Crippen molar-refractivity contribution in [3.63, 3.8) is 0 Å². The number of rotatable bonds is 7. The van der Waals surface area contributed by atoms with Crippen LogP contribution in [0.3, 0.4) is 0 Å². The smallest absolute Gasteiger partial charge is 0.326 e. The van der Waals surface area contributed by atoms with Gasteiger partial charge >= 0.3 is 11.9 Å². The van der Waals surface area contributed by atoms with Crippen molar-refractivity contribution in [2.24, 2.45) is 5.73 Å². The highest BCUT2D eigenvalue weighted by atomic mass is 16.4. The van der Waals surface area contributed by atoms with Gasteiger partial charge in [0.2, 0.25) is 5.91 Å². The topological polar surface area (TPSA) is 130 Å². The summed E-state index contributed by atoms with van der Waals surface area (Å²) in [7, 11) is 0. The molecular formula is C13H16N2O5. The highest BCUT2D eigenvalue weighted by molar-refractivity contribution is 5.89. The van der Waals surface area contributed by atoms with E-state index in [0.29, 0.717) is 0 Å². The molecule has 7 heteroatoms. The molecule has 0 radical (unpaired) electrons. The average molecular weight is 280 g/mol. The first kappa shape index (κ1) is 15.6. The summed E-state index contributed by atoms with van der Waals surface area (Å²) in [6.45, 7) is 0. The summed E-state index contributed by atoms with van der Waals surface area (Å²) in [4.78, 5) is 33.1. The molecule has 0 aliphatic heterocycles. The van der Waals surface area contributed by atoms with E-state index in [1.807, 2.05) is 6.07 Å². The number of amides is 1. The number of carbonyl (C=O) groups excluding carboxylic acids is 1. The van der Waals surface area contributed by atoms with Crippen molar-refractivity contribution >= 4 is 17.8 Å². The van der Waals surface area contributed by atoms with Crippen molar-refractivity contribution in [2.45, 2.75) is 24.9 Å². The molecule has 0 spiro atoms. The lowest BCUT2D eigenvalue weighted by molar-refractivity contribution is -0.147. The third-order valence-corrected chi connectivity index (χ3v) is 2.63. The van der Waals surface area contributed by atoms with Crippen LogP contribution in [0.5, 0.6) is 0 Å². The molecule has 0 aliphatic carbocycles. The van der Waals surface area contributed by atoms with Gasteiger partial charge in [-0.25, -0.2) is 4.79 Å². The van der Waals surface area contributed by atoms with Gasteiger partial charge in [0.1, 0.15) is 6.04 Å². The van der Waals surface area contributed by atoms with E-state index in [9.17, 15) is 14.4 Å². The number of hydrogen-bond donors (Lipinski definition) is 4. The van der Waals surface area contributed by atoms with E-state index in [1.54, 1.807) is 24.3 Å². The molecule has 0 saturated heterocycles. The van der Waals surface area contributed by atoms with Gasteiger partial charge in [-0.05, 0) is 12.0 Å². The zero-order chi connectivity index (χ0) is 15.1. The van der Waals surface area contributed by atoms with Crippen molar-refractivity contribution in [1.82, 2.24) is 5.32 Å². The Morgan fingerprint density at radius 1 is 1.15 bits per heavy atom. The SMILES string of the molecule is N[C@@H](Cc1ccccc1)C(=O)N[C@H](CC(=O)O)C(=O)O. The van der Waals surface area contributed by atoms with E-state index in [-0.39, 0.29) is 6.42 Å². The van der Waals surface area contributed by atoms with Gasteiger partial charge in [0.15, 0.2) is 0 Å². The second-order valence-electron chi connectivity index (χ2n) is 4.29. The van der Waals surface area contributed by atoms with E-state index in [0.717, 1.165) is 5.56 Å². The van der Waals surface area contributed by atoms with Crippen LogP contribution in [0, 0.1) is 0 Å². The quantitative estimate of drug-likeness (QED) is 0.537. The average Bonchev–Trinajstić information content (AvgIpc) is 2.38. The van der Waals surface area contributed by atoms with Crippen molar-refractivity contribution in [1.29, 1.82) is 0 Å². The highest BCUT2D eigenvalue weighted by Gasteiger charge is 2.25. The van der Waals surface area contributed by atoms with Gasteiger partial charge in [-0.1, -0.05) is 30.3 Å². The fourth-order valence-corrected chi connectivity index (χ4v) is 1.61. The van der Waals surface area contributed by atoms with Crippen LogP contribution in [-0.2, 0) is 20.8 Å². The normalized spacial score (nSPS) is 13.2. The Balaban J connectivity index is 2.59. The van der Waals surface area contributed by atoms with Crippen LogP contribution in [0.1, 0.15) is 12.0 Å². The van der Waals surface area contributed by atoms with E-state index >= 15 is 0 Å². The Bertz CT molecular complexity index is 489. The van der Waals surface area contributed by atoms with Gasteiger partial charge < -0.3 is 21.3 Å². The lowest BCUT2D eigenvalue weighted by atomic mass is 10.1. The second kappa shape index (κ2) is 7.25. The molecule has 1 rings (SSSR count). The molecule has 0 heterocycles. The summed E-state index contributed by atoms with van der Waals surface area (Å²) in [5.41, 5.74) is 6.51. The molecule has 7 nitrogen and oxygen atoms in total. The lowest BCUT2D eigenvalue weighted by Crippen LogP contribution is -2.49. The van der Waals surface area contributed by atoms with E-state index in [2.05, 4.69) is 5.32 Å². The molecule has 0 aromatic heterocycles. The number of nitrogens with two attached hydrogens (primary N) is 1. The first-order valence-electron chi connectivity index (χ1n) is 5.94. The number of nitrogens with one attached hydrogen (secondary N) is 1. The van der Waals surface area contributed by atoms with Crippen LogP contribution in [-0.4, -0.2) is 40.1 Å². The summed E-state index contributed by atoms with van der Waals surface area (Å²) in [6.07, 6.45) is -0.453. The molecule has 2 atom stereocenters. The second-order valence-corrected chi connectivity index (χ2v) is 4.29. The lowest BCUT2D eigenvalue weighted by Gasteiger charge is -2.16. The molecule has 0 saturated carbocycles. The molecule has 20 heavy (non-hydrogen) atoms. The van der Waals surface area contributed by atoms with Gasteiger partial charge in [0, 0.05) is 0 Å². The monoisotopic (exact) mass is 280 g/mol. The van der Waals surface area contributed by atoms with Crippen LogP contribution in [0.15, 0.2) is 30.3 Å². The number of hydrogen-bond acceptors (Lipinski definition) is 4. The number of benzene rings is 1. The molecule has 0 bridgehead atoms. The summed E-state index contributed by atoms with van der Waals surface area (Å²) >= 11 is 0. The Morgan fingerprint density at radius 2 is 1.75 bits per heavy atom. The van der Waals surface area contributed by atoms with Crippen molar-refractivity contribution < 1.29 is 24.6 Å². The molecule has 1 aromatic carbocycles. The zero-order valence-electron chi connectivity index (χ0n) is 10.7. The molecule has 1 aromatic rings. The Hall–Kier alpha value is -2.41. The van der Waals surface area contributed by atoms with Crippen molar-refractivity contribution in [3.8, 4) is 0 Å². The Labute approximate surface area is 115 Å². The zero-order valence-corrected chi connectivity index (χ0v) is 10.7. The molecule has 1 amide bonds. The minimum absolute atomic E-state index is 0.242. The third-order valence-electron chi connectivity index (χ3n) is 2.63.